The SMILES string of the molecule is CN(CC(O)C(F)(F)F)C(=O)Nc1ccc(Br)nc1. The summed E-state index contributed by atoms with van der Waals surface area (Å²) in [7, 11) is 1.15. The second-order valence-corrected chi connectivity index (χ2v) is 4.55. The minimum absolute atomic E-state index is 0.335. The van der Waals surface area contributed by atoms with Crippen molar-refractivity contribution in [3.63, 3.8) is 0 Å². The molecule has 1 aromatic rings. The molecule has 0 aliphatic rings. The lowest BCUT2D eigenvalue weighted by molar-refractivity contribution is -0.205. The number of pyridine rings is 1. The number of urea groups is 1. The molecular formula is C10H11BrF3N3O2. The molecule has 0 fully saturated rings. The van der Waals surface area contributed by atoms with Crippen LogP contribution in [0.25, 0.3) is 0 Å². The van der Waals surface area contributed by atoms with Crippen LogP contribution in [-0.4, -0.2) is 46.9 Å². The molecule has 0 radical (unpaired) electrons. The van der Waals surface area contributed by atoms with Crippen molar-refractivity contribution in [1.82, 2.24) is 9.88 Å². The van der Waals surface area contributed by atoms with Crippen molar-refractivity contribution in [1.29, 1.82) is 0 Å². The largest absolute Gasteiger partial charge is 0.416 e. The van der Waals surface area contributed by atoms with Crippen molar-refractivity contribution >= 4 is 27.6 Å². The molecule has 9 heteroatoms. The average Bonchev–Trinajstić information content (AvgIpc) is 2.30. The predicted octanol–water partition coefficient (Wildman–Crippen LogP) is 2.23. The lowest BCUT2D eigenvalue weighted by atomic mass is 10.3. The zero-order valence-electron chi connectivity index (χ0n) is 9.78. The number of halogens is 4. The first-order chi connectivity index (χ1) is 8.70. The van der Waals surface area contributed by atoms with Crippen LogP contribution in [0.3, 0.4) is 0 Å². The van der Waals surface area contributed by atoms with Gasteiger partial charge in [0.2, 0.25) is 0 Å². The van der Waals surface area contributed by atoms with Gasteiger partial charge in [-0.05, 0) is 28.1 Å². The van der Waals surface area contributed by atoms with Crippen LogP contribution in [0.2, 0.25) is 0 Å². The molecule has 1 aromatic heterocycles. The van der Waals surface area contributed by atoms with Crippen LogP contribution >= 0.6 is 15.9 Å². The third-order valence-corrected chi connectivity index (χ3v) is 2.62. The van der Waals surface area contributed by atoms with E-state index in [2.05, 4.69) is 26.2 Å². The molecule has 0 aliphatic carbocycles. The van der Waals surface area contributed by atoms with Crippen LogP contribution in [0.15, 0.2) is 22.9 Å². The summed E-state index contributed by atoms with van der Waals surface area (Å²) in [5.41, 5.74) is 0.335. The Morgan fingerprint density at radius 2 is 2.21 bits per heavy atom. The fraction of sp³-hybridized carbons (Fsp3) is 0.400. The number of hydrogen-bond donors (Lipinski definition) is 2. The molecule has 0 bridgehead atoms. The number of likely N-dealkylation sites (N-methyl/N-ethyl adjacent to an activating group) is 1. The lowest BCUT2D eigenvalue weighted by Crippen LogP contribution is -2.43. The fourth-order valence-corrected chi connectivity index (χ4v) is 1.35. The van der Waals surface area contributed by atoms with Crippen molar-refractivity contribution in [2.45, 2.75) is 12.3 Å². The highest BCUT2D eigenvalue weighted by molar-refractivity contribution is 9.10. The molecule has 2 amide bonds. The van der Waals surface area contributed by atoms with Gasteiger partial charge >= 0.3 is 12.2 Å². The summed E-state index contributed by atoms with van der Waals surface area (Å²) in [6, 6.07) is 2.33. The number of aliphatic hydroxyl groups excluding tert-OH is 1. The van der Waals surface area contributed by atoms with E-state index in [9.17, 15) is 18.0 Å². The van der Waals surface area contributed by atoms with Crippen LogP contribution < -0.4 is 5.32 Å². The number of carbonyl (C=O) groups excluding carboxylic acids is 1. The maximum atomic E-state index is 12.1. The molecule has 19 heavy (non-hydrogen) atoms. The monoisotopic (exact) mass is 341 g/mol. The first-order valence-corrected chi connectivity index (χ1v) is 5.88. The van der Waals surface area contributed by atoms with Gasteiger partial charge in [-0.25, -0.2) is 9.78 Å². The van der Waals surface area contributed by atoms with Crippen LogP contribution in [0.4, 0.5) is 23.7 Å². The molecule has 5 nitrogen and oxygen atoms in total. The van der Waals surface area contributed by atoms with Crippen molar-refractivity contribution < 1.29 is 23.1 Å². The Bertz CT molecular complexity index is 439. The summed E-state index contributed by atoms with van der Waals surface area (Å²) in [5, 5.41) is 11.2. The minimum Gasteiger partial charge on any atom is -0.382 e. The van der Waals surface area contributed by atoms with E-state index in [1.807, 2.05) is 0 Å². The number of aliphatic hydroxyl groups is 1. The van der Waals surface area contributed by atoms with Gasteiger partial charge < -0.3 is 15.3 Å². The smallest absolute Gasteiger partial charge is 0.382 e. The second-order valence-electron chi connectivity index (χ2n) is 3.74. The Morgan fingerprint density at radius 1 is 1.58 bits per heavy atom. The Labute approximate surface area is 115 Å². The average molecular weight is 342 g/mol. The van der Waals surface area contributed by atoms with Gasteiger partial charge in [-0.15, -0.1) is 0 Å². The van der Waals surface area contributed by atoms with Gasteiger partial charge in [0.25, 0.3) is 0 Å². The highest BCUT2D eigenvalue weighted by Gasteiger charge is 2.39. The van der Waals surface area contributed by atoms with Crippen LogP contribution in [0.5, 0.6) is 0 Å². The third-order valence-electron chi connectivity index (χ3n) is 2.15. The molecule has 0 aromatic carbocycles. The fourth-order valence-electron chi connectivity index (χ4n) is 1.11. The first-order valence-electron chi connectivity index (χ1n) is 5.08. The van der Waals surface area contributed by atoms with Crippen molar-refractivity contribution in [3.05, 3.63) is 22.9 Å². The van der Waals surface area contributed by atoms with E-state index in [4.69, 9.17) is 5.11 Å². The summed E-state index contributed by atoms with van der Waals surface area (Å²) in [5.74, 6) is 0. The van der Waals surface area contributed by atoms with Crippen molar-refractivity contribution in [2.24, 2.45) is 0 Å². The standard InChI is InChI=1S/C10H11BrF3N3O2/c1-17(5-7(18)10(12,13)14)9(19)16-6-2-3-8(11)15-4-6/h2-4,7,18H,5H2,1H3,(H,16,19). The summed E-state index contributed by atoms with van der Waals surface area (Å²) >= 11 is 3.10. The van der Waals surface area contributed by atoms with E-state index in [-0.39, 0.29) is 0 Å². The number of nitrogens with zero attached hydrogens (tertiary/aromatic N) is 2. The van der Waals surface area contributed by atoms with Crippen molar-refractivity contribution in [3.8, 4) is 0 Å². The zero-order chi connectivity index (χ0) is 14.6. The Balaban J connectivity index is 2.56. The number of rotatable bonds is 3. The molecule has 0 saturated carbocycles. The number of hydrogen-bond acceptors (Lipinski definition) is 3. The van der Waals surface area contributed by atoms with Crippen LogP contribution in [0.1, 0.15) is 0 Å². The number of anilines is 1. The van der Waals surface area contributed by atoms with E-state index >= 15 is 0 Å². The molecular weight excluding hydrogens is 331 g/mol. The van der Waals surface area contributed by atoms with Crippen LogP contribution in [-0.2, 0) is 0 Å². The second kappa shape index (κ2) is 6.20. The number of carbonyl (C=O) groups is 1. The Hall–Kier alpha value is -1.35. The molecule has 1 heterocycles. The van der Waals surface area contributed by atoms with E-state index in [1.165, 1.54) is 12.3 Å². The normalized spacial score (nSPS) is 12.9. The van der Waals surface area contributed by atoms with Gasteiger partial charge in [-0.2, -0.15) is 13.2 Å². The number of alkyl halides is 3. The molecule has 2 N–H and O–H groups in total. The maximum absolute atomic E-state index is 12.1. The molecule has 0 aliphatic heterocycles. The summed E-state index contributed by atoms with van der Waals surface area (Å²) in [6.45, 7) is -0.848. The molecule has 1 unspecified atom stereocenters. The van der Waals surface area contributed by atoms with E-state index in [1.54, 1.807) is 6.07 Å². The molecule has 1 rings (SSSR count). The molecule has 0 spiro atoms. The van der Waals surface area contributed by atoms with Gasteiger partial charge in [-0.1, -0.05) is 0 Å². The van der Waals surface area contributed by atoms with Gasteiger partial charge in [0.1, 0.15) is 4.60 Å². The van der Waals surface area contributed by atoms with E-state index in [0.29, 0.717) is 10.3 Å². The highest BCUT2D eigenvalue weighted by Crippen LogP contribution is 2.20. The van der Waals surface area contributed by atoms with E-state index < -0.39 is 24.9 Å². The van der Waals surface area contributed by atoms with Gasteiger partial charge in [-0.3, -0.25) is 0 Å². The summed E-state index contributed by atoms with van der Waals surface area (Å²) < 4.78 is 36.9. The highest BCUT2D eigenvalue weighted by atomic mass is 79.9. The van der Waals surface area contributed by atoms with Gasteiger partial charge in [0, 0.05) is 7.05 Å². The van der Waals surface area contributed by atoms with Crippen molar-refractivity contribution in [2.75, 3.05) is 18.9 Å². The molecule has 1 atom stereocenters. The maximum Gasteiger partial charge on any atom is 0.416 e. The quantitative estimate of drug-likeness (QED) is 0.828. The number of amides is 2. The summed E-state index contributed by atoms with van der Waals surface area (Å²) in [4.78, 5) is 16.1. The Kier molecular flexibility index (Phi) is 5.12. The topological polar surface area (TPSA) is 65.5 Å². The molecule has 106 valence electrons. The molecule has 0 saturated heterocycles. The number of aromatic nitrogens is 1. The van der Waals surface area contributed by atoms with Gasteiger partial charge in [0.15, 0.2) is 6.10 Å². The minimum atomic E-state index is -4.76. The first kappa shape index (κ1) is 15.7. The zero-order valence-corrected chi connectivity index (χ0v) is 11.4. The summed E-state index contributed by atoms with van der Waals surface area (Å²) in [6.07, 6.45) is -5.99. The Morgan fingerprint density at radius 3 is 2.68 bits per heavy atom. The third kappa shape index (κ3) is 5.03. The predicted molar refractivity (Wildman–Crippen MR) is 65.6 cm³/mol. The van der Waals surface area contributed by atoms with Gasteiger partial charge in [0.05, 0.1) is 18.4 Å². The lowest BCUT2D eigenvalue weighted by Gasteiger charge is -2.22. The van der Waals surface area contributed by atoms with E-state index in [0.717, 1.165) is 11.9 Å². The van der Waals surface area contributed by atoms with Crippen LogP contribution in [0, 0.1) is 0 Å². The number of nitrogens with one attached hydrogen (secondary N) is 1.